The molecule has 0 aromatic rings. The molecule has 0 saturated heterocycles. The third-order valence-corrected chi connectivity index (χ3v) is 5.69. The zero-order chi connectivity index (χ0) is 18.2. The van der Waals surface area contributed by atoms with Crippen LogP contribution in [0.5, 0.6) is 0 Å². The molecular formula is C22H45ClN2O. The lowest BCUT2D eigenvalue weighted by Gasteiger charge is -2.09. The van der Waals surface area contributed by atoms with Crippen LogP contribution in [-0.4, -0.2) is 34.8 Å². The summed E-state index contributed by atoms with van der Waals surface area (Å²) in [5.74, 6) is 0. The highest BCUT2D eigenvalue weighted by Gasteiger charge is 2.29. The second-order valence-electron chi connectivity index (χ2n) is 7.88. The molecule has 0 saturated carbocycles. The minimum atomic E-state index is 0. The maximum Gasteiger partial charge on any atom is 0.442 e. The fourth-order valence-corrected chi connectivity index (χ4v) is 4.01. The molecule has 0 amide bonds. The molecule has 0 fully saturated rings. The van der Waals surface area contributed by atoms with Crippen LogP contribution in [-0.2, 0) is 0 Å². The summed E-state index contributed by atoms with van der Waals surface area (Å²) in [7, 11) is 0. The van der Waals surface area contributed by atoms with E-state index in [2.05, 4.69) is 23.7 Å². The van der Waals surface area contributed by atoms with Crippen LogP contribution >= 0.6 is 0 Å². The van der Waals surface area contributed by atoms with Gasteiger partial charge < -0.3 is 17.5 Å². The molecule has 0 bridgehead atoms. The maximum atomic E-state index is 9.72. The summed E-state index contributed by atoms with van der Waals surface area (Å²) in [6.07, 6.45) is 22.5. The van der Waals surface area contributed by atoms with Crippen LogP contribution in [0.4, 0.5) is 0 Å². The molecule has 1 unspecified atom stereocenters. The minimum absolute atomic E-state index is 0. The number of nitrogens with zero attached hydrogens (tertiary/aromatic N) is 1. The van der Waals surface area contributed by atoms with Gasteiger partial charge in [0, 0.05) is 0 Å². The molecule has 1 aliphatic rings. The van der Waals surface area contributed by atoms with Gasteiger partial charge in [-0.3, -0.25) is 0 Å². The fourth-order valence-electron chi connectivity index (χ4n) is 4.01. The molecule has 26 heavy (non-hydrogen) atoms. The van der Waals surface area contributed by atoms with E-state index in [1.807, 2.05) is 0 Å². The van der Waals surface area contributed by atoms with Crippen molar-refractivity contribution in [2.75, 3.05) is 13.1 Å². The van der Waals surface area contributed by atoms with Gasteiger partial charge in [-0.2, -0.15) is 0 Å². The van der Waals surface area contributed by atoms with Gasteiger partial charge in [0.25, 0.3) is 0 Å². The van der Waals surface area contributed by atoms with Crippen molar-refractivity contribution in [2.24, 2.45) is 0 Å². The molecule has 1 atom stereocenters. The van der Waals surface area contributed by atoms with Crippen LogP contribution in [0.3, 0.4) is 0 Å². The third kappa shape index (κ3) is 12.0. The fraction of sp³-hybridized carbons (Fsp3) is 0.955. The molecule has 1 rings (SSSR count). The second kappa shape index (κ2) is 17.9. The van der Waals surface area contributed by atoms with Gasteiger partial charge in [-0.25, -0.2) is 9.89 Å². The molecule has 0 aliphatic carbocycles. The first-order valence-corrected chi connectivity index (χ1v) is 11.4. The molecule has 0 radical (unpaired) electrons. The van der Waals surface area contributed by atoms with E-state index < -0.39 is 0 Å². The summed E-state index contributed by atoms with van der Waals surface area (Å²) in [6.45, 7) is 6.22. The smallest absolute Gasteiger partial charge is 0.442 e. The quantitative estimate of drug-likeness (QED) is 0.296. The molecule has 4 heteroatoms. The van der Waals surface area contributed by atoms with E-state index in [9.17, 15) is 5.11 Å². The number of hydrogen-bond donors (Lipinski definition) is 2. The Hall–Kier alpha value is -0.440. The molecule has 0 aromatic carbocycles. The molecule has 1 heterocycles. The number of aliphatic hydroxyl groups excluding tert-OH is 1. The Bertz CT molecular complexity index is 347. The molecule has 0 aromatic heterocycles. The predicted molar refractivity (Wildman–Crippen MR) is 110 cm³/mol. The van der Waals surface area contributed by atoms with E-state index in [-0.39, 0.29) is 12.4 Å². The van der Waals surface area contributed by atoms with Gasteiger partial charge >= 0.3 is 6.02 Å². The highest BCUT2D eigenvalue weighted by Crippen LogP contribution is 2.15. The second-order valence-corrected chi connectivity index (χ2v) is 7.88. The standard InChI is InChI=1S/C22H44N2O.ClH/c1-3-5-6-7-8-9-10-11-12-13-14-15-16-17-18-19-21-20-23-22(25)24(21)4-2;/h21H,3-20H2,1-2H3,(H,23,25);1H. The van der Waals surface area contributed by atoms with Gasteiger partial charge in [-0.1, -0.05) is 96.8 Å². The molecular weight excluding hydrogens is 344 g/mol. The van der Waals surface area contributed by atoms with Crippen LogP contribution in [0.1, 0.15) is 117 Å². The summed E-state index contributed by atoms with van der Waals surface area (Å²) >= 11 is 0. The molecule has 3 nitrogen and oxygen atoms in total. The van der Waals surface area contributed by atoms with E-state index >= 15 is 0 Å². The number of hydrogen-bond acceptors (Lipinski definition) is 1. The van der Waals surface area contributed by atoms with Crippen molar-refractivity contribution < 1.29 is 22.1 Å². The van der Waals surface area contributed by atoms with E-state index in [0.29, 0.717) is 12.1 Å². The van der Waals surface area contributed by atoms with Crippen LogP contribution < -0.4 is 17.7 Å². The normalized spacial score (nSPS) is 16.6. The topological polar surface area (TPSA) is 35.3 Å². The highest BCUT2D eigenvalue weighted by molar-refractivity contribution is 5.66. The van der Waals surface area contributed by atoms with E-state index in [1.54, 1.807) is 0 Å². The number of amidine groups is 1. The molecule has 156 valence electrons. The zero-order valence-electron chi connectivity index (χ0n) is 17.6. The lowest BCUT2D eigenvalue weighted by molar-refractivity contribution is -0.559. The van der Waals surface area contributed by atoms with Crippen LogP contribution in [0.15, 0.2) is 0 Å². The molecule has 1 aliphatic heterocycles. The Morgan fingerprint density at radius 3 is 1.62 bits per heavy atom. The van der Waals surface area contributed by atoms with Gasteiger partial charge in [0.1, 0.15) is 12.6 Å². The highest BCUT2D eigenvalue weighted by atomic mass is 35.5. The maximum absolute atomic E-state index is 9.72. The summed E-state index contributed by atoms with van der Waals surface area (Å²) < 4.78 is 2.10. The largest absolute Gasteiger partial charge is 1.00 e. The van der Waals surface area contributed by atoms with Gasteiger partial charge in [-0.05, 0) is 19.8 Å². The van der Waals surface area contributed by atoms with E-state index in [0.717, 1.165) is 13.1 Å². The number of unbranched alkanes of at least 4 members (excludes halogenated alkanes) is 14. The SMILES string of the molecule is CCCCCCCCCCCCCCCCCC1CNC(O)=[N+]1CC.[Cl-]. The Balaban J connectivity index is 0.00000625. The average molecular weight is 389 g/mol. The Kier molecular flexibility index (Phi) is 17.6. The first-order chi connectivity index (χ1) is 12.3. The zero-order valence-corrected chi connectivity index (χ0v) is 18.3. The average Bonchev–Trinajstić information content (AvgIpc) is 2.98. The monoisotopic (exact) mass is 388 g/mol. The summed E-state index contributed by atoms with van der Waals surface area (Å²) in [4.78, 5) is 0. The predicted octanol–water partition coefficient (Wildman–Crippen LogP) is 3.17. The van der Waals surface area contributed by atoms with Crippen LogP contribution in [0.25, 0.3) is 0 Å². The van der Waals surface area contributed by atoms with Crippen molar-refractivity contribution >= 4 is 6.02 Å². The summed E-state index contributed by atoms with van der Waals surface area (Å²) in [5, 5.41) is 12.8. The number of aliphatic hydroxyl groups is 1. The number of likely N-dealkylation sites (N-methyl/N-ethyl adjacent to an activating group) is 1. The van der Waals surface area contributed by atoms with Gasteiger partial charge in [0.05, 0.1) is 6.54 Å². The first-order valence-electron chi connectivity index (χ1n) is 11.4. The molecule has 2 N–H and O–H groups in total. The van der Waals surface area contributed by atoms with Crippen molar-refractivity contribution in [3.8, 4) is 0 Å². The third-order valence-electron chi connectivity index (χ3n) is 5.69. The Morgan fingerprint density at radius 1 is 0.769 bits per heavy atom. The number of nitrogens with one attached hydrogen (secondary N) is 1. The Morgan fingerprint density at radius 2 is 1.19 bits per heavy atom. The first kappa shape index (κ1) is 25.6. The lowest BCUT2D eigenvalue weighted by atomic mass is 10.0. The Labute approximate surface area is 169 Å². The van der Waals surface area contributed by atoms with Crippen LogP contribution in [0, 0.1) is 0 Å². The molecule has 0 spiro atoms. The van der Waals surface area contributed by atoms with Gasteiger partial charge in [0.2, 0.25) is 0 Å². The summed E-state index contributed by atoms with van der Waals surface area (Å²) in [6, 6.07) is 0.889. The van der Waals surface area contributed by atoms with Crippen molar-refractivity contribution in [1.82, 2.24) is 5.32 Å². The van der Waals surface area contributed by atoms with E-state index in [1.165, 1.54) is 103 Å². The summed E-state index contributed by atoms with van der Waals surface area (Å²) in [5.41, 5.74) is 0. The van der Waals surface area contributed by atoms with Gasteiger partial charge in [0.15, 0.2) is 0 Å². The van der Waals surface area contributed by atoms with Crippen molar-refractivity contribution in [3.63, 3.8) is 0 Å². The van der Waals surface area contributed by atoms with Crippen LogP contribution in [0.2, 0.25) is 0 Å². The number of rotatable bonds is 17. The van der Waals surface area contributed by atoms with Crippen molar-refractivity contribution in [3.05, 3.63) is 0 Å². The minimum Gasteiger partial charge on any atom is -1.00 e. The van der Waals surface area contributed by atoms with E-state index in [4.69, 9.17) is 0 Å². The number of halogens is 1. The van der Waals surface area contributed by atoms with Gasteiger partial charge in [-0.15, -0.1) is 0 Å². The lowest BCUT2D eigenvalue weighted by Crippen LogP contribution is -3.00. The van der Waals surface area contributed by atoms with Crippen molar-refractivity contribution in [1.29, 1.82) is 0 Å². The van der Waals surface area contributed by atoms with Crippen molar-refractivity contribution in [2.45, 2.75) is 123 Å².